The van der Waals surface area contributed by atoms with Crippen molar-refractivity contribution in [2.45, 2.75) is 13.3 Å². The van der Waals surface area contributed by atoms with Gasteiger partial charge in [0.1, 0.15) is 0 Å². The summed E-state index contributed by atoms with van der Waals surface area (Å²) in [5, 5.41) is 0. The lowest BCUT2D eigenvalue weighted by atomic mass is 10.2. The minimum atomic E-state index is -1.65. The summed E-state index contributed by atoms with van der Waals surface area (Å²) in [6.07, 6.45) is -1.76. The lowest BCUT2D eigenvalue weighted by Gasteiger charge is -2.06. The molecule has 0 amide bonds. The van der Waals surface area contributed by atoms with Gasteiger partial charge in [-0.15, -0.1) is 0 Å². The van der Waals surface area contributed by atoms with E-state index in [-0.39, 0.29) is 17.3 Å². The standard InChI is InChI=1S/C13H13NO/c1-2-11-8-9-13(15)14(10-11)12-6-4-3-5-7-12/h3-10H,2H2,1H3/i2D2,10D. The molecular weight excluding hydrogens is 186 g/mol. The number of aryl methyl sites for hydroxylation is 1. The van der Waals surface area contributed by atoms with Gasteiger partial charge in [0.2, 0.25) is 0 Å². The number of hydrogen-bond acceptors (Lipinski definition) is 1. The van der Waals surface area contributed by atoms with Crippen LogP contribution in [0, 0.1) is 0 Å². The maximum Gasteiger partial charge on any atom is 0.255 e. The zero-order valence-corrected chi connectivity index (χ0v) is 8.40. The van der Waals surface area contributed by atoms with Crippen LogP contribution in [-0.4, -0.2) is 4.57 Å². The first kappa shape index (κ1) is 6.62. The molecule has 2 heteroatoms. The van der Waals surface area contributed by atoms with Crippen molar-refractivity contribution in [3.8, 4) is 5.69 Å². The molecule has 2 aromatic rings. The van der Waals surface area contributed by atoms with Gasteiger partial charge >= 0.3 is 0 Å². The molecule has 0 spiro atoms. The van der Waals surface area contributed by atoms with Gasteiger partial charge in [-0.05, 0) is 24.1 Å². The number of para-hydroxylation sites is 1. The summed E-state index contributed by atoms with van der Waals surface area (Å²) in [6.45, 7) is 1.38. The summed E-state index contributed by atoms with van der Waals surface area (Å²) >= 11 is 0. The fourth-order valence-corrected chi connectivity index (χ4v) is 1.35. The normalized spacial score (nSPS) is 14.1. The van der Waals surface area contributed by atoms with Crippen LogP contribution in [0.25, 0.3) is 5.69 Å². The molecule has 15 heavy (non-hydrogen) atoms. The highest BCUT2D eigenvalue weighted by Gasteiger charge is 1.99. The third kappa shape index (κ3) is 1.99. The van der Waals surface area contributed by atoms with Gasteiger partial charge in [0, 0.05) is 20.7 Å². The fraction of sp³-hybridized carbons (Fsp3) is 0.154. The van der Waals surface area contributed by atoms with Crippen LogP contribution in [0.15, 0.2) is 53.4 Å². The average Bonchev–Trinajstić information content (AvgIpc) is 2.28. The maximum absolute atomic E-state index is 11.8. The molecule has 0 fully saturated rings. The van der Waals surface area contributed by atoms with E-state index >= 15 is 0 Å². The first-order valence-corrected chi connectivity index (χ1v) is 4.70. The first-order chi connectivity index (χ1) is 8.41. The zero-order valence-electron chi connectivity index (χ0n) is 11.4. The molecule has 0 aliphatic rings. The Bertz CT molecular complexity index is 614. The number of aromatic nitrogens is 1. The molecule has 2 rings (SSSR count). The minimum Gasteiger partial charge on any atom is -0.284 e. The minimum absolute atomic E-state index is 0.110. The van der Waals surface area contributed by atoms with E-state index in [0.717, 1.165) is 0 Å². The van der Waals surface area contributed by atoms with E-state index in [9.17, 15) is 4.79 Å². The van der Waals surface area contributed by atoms with E-state index in [4.69, 9.17) is 4.11 Å². The van der Waals surface area contributed by atoms with E-state index in [0.29, 0.717) is 5.69 Å². The quantitative estimate of drug-likeness (QED) is 0.733. The van der Waals surface area contributed by atoms with E-state index in [1.165, 1.54) is 23.6 Å². The molecule has 0 aliphatic heterocycles. The van der Waals surface area contributed by atoms with Gasteiger partial charge in [0.15, 0.2) is 0 Å². The molecule has 0 N–H and O–H groups in total. The molecule has 1 aromatic heterocycles. The molecule has 1 aromatic carbocycles. The van der Waals surface area contributed by atoms with Gasteiger partial charge in [-0.2, -0.15) is 0 Å². The Balaban J connectivity index is 2.73. The molecule has 1 heterocycles. The Kier molecular flexibility index (Phi) is 1.82. The Morgan fingerprint density at radius 2 is 2.00 bits per heavy atom. The van der Waals surface area contributed by atoms with Crippen LogP contribution < -0.4 is 5.56 Å². The van der Waals surface area contributed by atoms with Crippen molar-refractivity contribution in [3.63, 3.8) is 0 Å². The van der Waals surface area contributed by atoms with Gasteiger partial charge in [-0.3, -0.25) is 9.36 Å². The van der Waals surface area contributed by atoms with E-state index in [1.54, 1.807) is 24.3 Å². The van der Waals surface area contributed by atoms with Gasteiger partial charge in [0.05, 0.1) is 1.37 Å². The average molecular weight is 202 g/mol. The van der Waals surface area contributed by atoms with Crippen molar-refractivity contribution in [2.75, 3.05) is 0 Å². The molecule has 76 valence electrons. The highest BCUT2D eigenvalue weighted by molar-refractivity contribution is 5.32. The van der Waals surface area contributed by atoms with Crippen LogP contribution in [0.3, 0.4) is 0 Å². The fourth-order valence-electron chi connectivity index (χ4n) is 1.35. The summed E-state index contributed by atoms with van der Waals surface area (Å²) in [6, 6.07) is 11.5. The molecule has 0 bridgehead atoms. The lowest BCUT2D eigenvalue weighted by molar-refractivity contribution is 0.953. The smallest absolute Gasteiger partial charge is 0.255 e. The second kappa shape index (κ2) is 4.13. The number of rotatable bonds is 2. The maximum atomic E-state index is 11.8. The summed E-state index contributed by atoms with van der Waals surface area (Å²) in [5.41, 5.74) is 0.434. The summed E-state index contributed by atoms with van der Waals surface area (Å²) < 4.78 is 24.6. The SMILES string of the molecule is [2H]c1c(C([2H])([2H])C)ccc(=O)n1-c1ccccc1. The van der Waals surface area contributed by atoms with Crippen LogP contribution >= 0.6 is 0 Å². The molecule has 0 saturated carbocycles. The van der Waals surface area contributed by atoms with Crippen molar-refractivity contribution in [1.82, 2.24) is 4.57 Å². The Labute approximate surface area is 93.0 Å². The van der Waals surface area contributed by atoms with Crippen LogP contribution in [0.1, 0.15) is 16.6 Å². The second-order valence-electron chi connectivity index (χ2n) is 3.12. The zero-order chi connectivity index (χ0) is 13.3. The third-order valence-electron chi connectivity index (χ3n) is 2.13. The molecule has 0 atom stereocenters. The highest BCUT2D eigenvalue weighted by atomic mass is 16.1. The Hall–Kier alpha value is -1.83. The van der Waals surface area contributed by atoms with E-state index in [2.05, 4.69) is 0 Å². The van der Waals surface area contributed by atoms with Gasteiger partial charge in [-0.1, -0.05) is 31.2 Å². The Morgan fingerprint density at radius 3 is 2.67 bits per heavy atom. The topological polar surface area (TPSA) is 22.0 Å². The number of nitrogens with zero attached hydrogens (tertiary/aromatic N) is 1. The number of pyridine rings is 1. The highest BCUT2D eigenvalue weighted by Crippen LogP contribution is 2.05. The van der Waals surface area contributed by atoms with Crippen molar-refractivity contribution in [2.24, 2.45) is 0 Å². The van der Waals surface area contributed by atoms with Crippen LogP contribution in [0.5, 0.6) is 0 Å². The Morgan fingerprint density at radius 1 is 1.27 bits per heavy atom. The number of hydrogen-bond donors (Lipinski definition) is 0. The van der Waals surface area contributed by atoms with Gasteiger partial charge in [-0.25, -0.2) is 0 Å². The predicted octanol–water partition coefficient (Wildman–Crippen LogP) is 2.40. The molecular formula is C13H13NO. The first-order valence-electron chi connectivity index (χ1n) is 6.20. The molecule has 0 unspecified atom stereocenters. The number of benzene rings is 1. The van der Waals surface area contributed by atoms with Crippen molar-refractivity contribution < 1.29 is 4.11 Å². The van der Waals surface area contributed by atoms with Crippen LogP contribution in [-0.2, 0) is 6.37 Å². The van der Waals surface area contributed by atoms with Gasteiger partial charge < -0.3 is 0 Å². The van der Waals surface area contributed by atoms with Crippen LogP contribution in [0.2, 0.25) is 0 Å². The molecule has 2 nitrogen and oxygen atoms in total. The van der Waals surface area contributed by atoms with E-state index < -0.39 is 6.37 Å². The van der Waals surface area contributed by atoms with E-state index in [1.807, 2.05) is 6.07 Å². The summed E-state index contributed by atoms with van der Waals surface area (Å²) in [5.74, 6) is 0. The van der Waals surface area contributed by atoms with Crippen molar-refractivity contribution >= 4 is 0 Å². The largest absolute Gasteiger partial charge is 0.284 e. The third-order valence-corrected chi connectivity index (χ3v) is 2.13. The molecule has 0 aliphatic carbocycles. The summed E-state index contributed by atoms with van der Waals surface area (Å²) in [7, 11) is 0. The summed E-state index contributed by atoms with van der Waals surface area (Å²) in [4.78, 5) is 11.8. The molecule has 0 saturated heterocycles. The predicted molar refractivity (Wildman–Crippen MR) is 61.4 cm³/mol. The van der Waals surface area contributed by atoms with Crippen molar-refractivity contribution in [3.05, 3.63) is 64.6 Å². The van der Waals surface area contributed by atoms with Crippen LogP contribution in [0.4, 0.5) is 0 Å². The molecule has 0 radical (unpaired) electrons. The second-order valence-corrected chi connectivity index (χ2v) is 3.12. The lowest BCUT2D eigenvalue weighted by Crippen LogP contribution is -2.16. The van der Waals surface area contributed by atoms with Gasteiger partial charge in [0.25, 0.3) is 5.56 Å². The van der Waals surface area contributed by atoms with Crippen molar-refractivity contribution in [1.29, 1.82) is 0 Å². The monoisotopic (exact) mass is 202 g/mol.